The van der Waals surface area contributed by atoms with E-state index in [4.69, 9.17) is 4.74 Å². The number of likely N-dealkylation sites (N-methyl/N-ethyl adjacent to an activating group) is 1. The third-order valence-electron chi connectivity index (χ3n) is 3.37. The number of hydrogen-bond acceptors (Lipinski definition) is 4. The summed E-state index contributed by atoms with van der Waals surface area (Å²) >= 11 is 0. The highest BCUT2D eigenvalue weighted by atomic mass is 16.5. The van der Waals surface area contributed by atoms with Gasteiger partial charge in [0.2, 0.25) is 5.91 Å². The first-order valence-corrected chi connectivity index (χ1v) is 7.47. The summed E-state index contributed by atoms with van der Waals surface area (Å²) in [6, 6.07) is 7.80. The quantitative estimate of drug-likeness (QED) is 0.762. The van der Waals surface area contributed by atoms with Gasteiger partial charge in [0.25, 0.3) is 0 Å². The van der Waals surface area contributed by atoms with Crippen LogP contribution in [-0.4, -0.2) is 47.3 Å². The van der Waals surface area contributed by atoms with Crippen LogP contribution < -0.4 is 0 Å². The number of rotatable bonds is 6. The van der Waals surface area contributed by atoms with Gasteiger partial charge in [0.1, 0.15) is 0 Å². The minimum Gasteiger partial charge on any atom is -0.462 e. The van der Waals surface area contributed by atoms with E-state index in [0.29, 0.717) is 25.1 Å². The van der Waals surface area contributed by atoms with Crippen LogP contribution in [0.3, 0.4) is 0 Å². The Labute approximate surface area is 135 Å². The lowest BCUT2D eigenvalue weighted by atomic mass is 10.1. The first-order valence-electron chi connectivity index (χ1n) is 7.47. The molecule has 0 aliphatic rings. The fourth-order valence-corrected chi connectivity index (χ4v) is 2.05. The van der Waals surface area contributed by atoms with E-state index < -0.39 is 0 Å². The van der Waals surface area contributed by atoms with E-state index >= 15 is 0 Å². The number of aromatic nitrogens is 2. The molecule has 2 rings (SSSR count). The lowest BCUT2D eigenvalue weighted by Gasteiger charge is -2.10. The van der Waals surface area contributed by atoms with E-state index in [1.54, 1.807) is 36.8 Å². The predicted octanol–water partition coefficient (Wildman–Crippen LogP) is 1.74. The average Bonchev–Trinajstić information content (AvgIpc) is 2.98. The van der Waals surface area contributed by atoms with Crippen molar-refractivity contribution >= 4 is 11.9 Å². The highest BCUT2D eigenvalue weighted by Gasteiger charge is 2.10. The molecule has 23 heavy (non-hydrogen) atoms. The first kappa shape index (κ1) is 16.7. The third-order valence-corrected chi connectivity index (χ3v) is 3.37. The summed E-state index contributed by atoms with van der Waals surface area (Å²) in [5.74, 6) is -0.291. The molecular formula is C17H21N3O3. The van der Waals surface area contributed by atoms with Crippen LogP contribution in [0.2, 0.25) is 0 Å². The molecule has 1 aromatic carbocycles. The molecule has 0 radical (unpaired) electrons. The molecule has 1 aromatic heterocycles. The van der Waals surface area contributed by atoms with Crippen molar-refractivity contribution in [1.29, 1.82) is 0 Å². The van der Waals surface area contributed by atoms with E-state index in [1.165, 1.54) is 6.20 Å². The van der Waals surface area contributed by atoms with E-state index in [9.17, 15) is 9.59 Å². The van der Waals surface area contributed by atoms with Gasteiger partial charge in [-0.25, -0.2) is 4.79 Å². The van der Waals surface area contributed by atoms with Crippen molar-refractivity contribution in [3.05, 3.63) is 53.3 Å². The molecule has 122 valence electrons. The van der Waals surface area contributed by atoms with Gasteiger partial charge in [-0.1, -0.05) is 24.3 Å². The molecular weight excluding hydrogens is 294 g/mol. The van der Waals surface area contributed by atoms with E-state index in [1.807, 2.05) is 24.3 Å². The number of carbonyl (C=O) groups excluding carboxylic acids is 2. The van der Waals surface area contributed by atoms with Crippen LogP contribution in [0.1, 0.15) is 28.4 Å². The average molecular weight is 315 g/mol. The largest absolute Gasteiger partial charge is 0.462 e. The van der Waals surface area contributed by atoms with Crippen molar-refractivity contribution in [2.75, 3.05) is 20.7 Å². The molecule has 1 heterocycles. The van der Waals surface area contributed by atoms with Gasteiger partial charge in [0.05, 0.1) is 31.3 Å². The van der Waals surface area contributed by atoms with Gasteiger partial charge in [-0.2, -0.15) is 5.10 Å². The second-order valence-corrected chi connectivity index (χ2v) is 5.43. The molecule has 0 aliphatic carbocycles. The molecule has 6 heteroatoms. The zero-order valence-electron chi connectivity index (χ0n) is 13.7. The lowest BCUT2D eigenvalue weighted by molar-refractivity contribution is -0.127. The fraction of sp³-hybridized carbons (Fsp3) is 0.353. The molecule has 0 saturated carbocycles. The van der Waals surface area contributed by atoms with Gasteiger partial charge < -0.3 is 9.64 Å². The summed E-state index contributed by atoms with van der Waals surface area (Å²) in [4.78, 5) is 24.9. The maximum atomic E-state index is 11.7. The molecule has 0 spiro atoms. The lowest BCUT2D eigenvalue weighted by Crippen LogP contribution is -2.23. The van der Waals surface area contributed by atoms with Crippen LogP contribution in [0.5, 0.6) is 0 Å². The first-order chi connectivity index (χ1) is 11.0. The van der Waals surface area contributed by atoms with Crippen LogP contribution in [-0.2, 0) is 22.5 Å². The number of esters is 1. The molecule has 0 N–H and O–H groups in total. The number of benzene rings is 1. The van der Waals surface area contributed by atoms with Gasteiger partial charge in [-0.05, 0) is 18.1 Å². The Morgan fingerprint density at radius 1 is 1.17 bits per heavy atom. The number of ether oxygens (including phenoxy) is 1. The van der Waals surface area contributed by atoms with Crippen molar-refractivity contribution in [2.45, 2.75) is 19.9 Å². The van der Waals surface area contributed by atoms with Crippen LogP contribution in [0.25, 0.3) is 0 Å². The van der Waals surface area contributed by atoms with Crippen molar-refractivity contribution in [2.24, 2.45) is 0 Å². The molecule has 6 nitrogen and oxygen atoms in total. The van der Waals surface area contributed by atoms with E-state index in [-0.39, 0.29) is 11.9 Å². The summed E-state index contributed by atoms with van der Waals surface area (Å²) in [6.45, 7) is 2.67. The molecule has 0 atom stereocenters. The Bertz CT molecular complexity index is 675. The molecule has 0 fully saturated rings. The zero-order chi connectivity index (χ0) is 16.8. The van der Waals surface area contributed by atoms with Crippen molar-refractivity contribution in [1.82, 2.24) is 14.7 Å². The van der Waals surface area contributed by atoms with Gasteiger partial charge in [-0.3, -0.25) is 9.48 Å². The van der Waals surface area contributed by atoms with Crippen molar-refractivity contribution < 1.29 is 14.3 Å². The molecule has 0 bridgehead atoms. The Morgan fingerprint density at radius 3 is 2.43 bits per heavy atom. The summed E-state index contributed by atoms with van der Waals surface area (Å²) < 4.78 is 6.62. The second kappa shape index (κ2) is 7.58. The fourth-order valence-electron chi connectivity index (χ4n) is 2.05. The maximum Gasteiger partial charge on any atom is 0.341 e. The van der Waals surface area contributed by atoms with E-state index in [2.05, 4.69) is 5.10 Å². The Hall–Kier alpha value is -2.63. The second-order valence-electron chi connectivity index (χ2n) is 5.43. The third kappa shape index (κ3) is 4.67. The Balaban J connectivity index is 1.98. The van der Waals surface area contributed by atoms with Crippen LogP contribution in [0.4, 0.5) is 0 Å². The van der Waals surface area contributed by atoms with Gasteiger partial charge >= 0.3 is 5.97 Å². The van der Waals surface area contributed by atoms with Crippen LogP contribution in [0.15, 0.2) is 36.7 Å². The maximum absolute atomic E-state index is 11.7. The standard InChI is InChI=1S/C17H21N3O3/c1-4-23-17(22)15-10-18-20(12-15)11-14-7-5-13(6-8-14)9-16(21)19(2)3/h5-8,10,12H,4,9,11H2,1-3H3. The Kier molecular flexibility index (Phi) is 5.51. The highest BCUT2D eigenvalue weighted by molar-refractivity contribution is 5.88. The molecule has 0 unspecified atom stereocenters. The smallest absolute Gasteiger partial charge is 0.341 e. The van der Waals surface area contributed by atoms with Gasteiger partial charge in [-0.15, -0.1) is 0 Å². The monoisotopic (exact) mass is 315 g/mol. The van der Waals surface area contributed by atoms with Gasteiger partial charge in [0.15, 0.2) is 0 Å². The summed E-state index contributed by atoms with van der Waals surface area (Å²) in [5.41, 5.74) is 2.46. The minimum absolute atomic E-state index is 0.0731. The summed E-state index contributed by atoms with van der Waals surface area (Å²) in [5, 5.41) is 4.16. The number of amides is 1. The number of nitrogens with zero attached hydrogens (tertiary/aromatic N) is 3. The van der Waals surface area contributed by atoms with Crippen LogP contribution in [0, 0.1) is 0 Å². The normalized spacial score (nSPS) is 10.4. The number of carbonyl (C=O) groups is 2. The number of hydrogen-bond donors (Lipinski definition) is 0. The zero-order valence-corrected chi connectivity index (χ0v) is 13.7. The highest BCUT2D eigenvalue weighted by Crippen LogP contribution is 2.09. The predicted molar refractivity (Wildman–Crippen MR) is 86.1 cm³/mol. The van der Waals surface area contributed by atoms with E-state index in [0.717, 1.165) is 11.1 Å². The molecule has 2 aromatic rings. The summed E-state index contributed by atoms with van der Waals surface area (Å²) in [7, 11) is 3.49. The van der Waals surface area contributed by atoms with Gasteiger partial charge in [0, 0.05) is 20.3 Å². The van der Waals surface area contributed by atoms with Crippen LogP contribution >= 0.6 is 0 Å². The SMILES string of the molecule is CCOC(=O)c1cnn(Cc2ccc(CC(=O)N(C)C)cc2)c1. The molecule has 0 aliphatic heterocycles. The van der Waals surface area contributed by atoms with Crippen molar-refractivity contribution in [3.8, 4) is 0 Å². The van der Waals surface area contributed by atoms with Crippen molar-refractivity contribution in [3.63, 3.8) is 0 Å². The minimum atomic E-state index is -0.365. The Morgan fingerprint density at radius 2 is 1.83 bits per heavy atom. The topological polar surface area (TPSA) is 64.4 Å². The molecule has 0 saturated heterocycles. The molecule has 1 amide bonds. The summed E-state index contributed by atoms with van der Waals surface area (Å²) in [6.07, 6.45) is 3.56.